The number of hydrogen-bond acceptors (Lipinski definition) is 1. The Morgan fingerprint density at radius 1 is 0.714 bits per heavy atom. The van der Waals surface area contributed by atoms with Gasteiger partial charge in [-0.15, -0.1) is 0 Å². The summed E-state index contributed by atoms with van der Waals surface area (Å²) in [7, 11) is 0. The van der Waals surface area contributed by atoms with E-state index in [9.17, 15) is 0 Å². The zero-order valence-corrected chi connectivity index (χ0v) is 16.9. The topological polar surface area (TPSA) is 12.0 Å². The average Bonchev–Trinajstić information content (AvgIpc) is 2.92. The Kier molecular flexibility index (Phi) is 3.64. The molecule has 0 saturated carbocycles. The minimum Gasteiger partial charge on any atom is -0.355 e. The van der Waals surface area contributed by atoms with Crippen molar-refractivity contribution in [1.82, 2.24) is 0 Å². The van der Waals surface area contributed by atoms with Gasteiger partial charge in [0.15, 0.2) is 0 Å². The zero-order chi connectivity index (χ0) is 19.5. The molecule has 1 N–H and O–H groups in total. The Morgan fingerprint density at radius 3 is 2.32 bits per heavy atom. The van der Waals surface area contributed by atoms with E-state index in [1.165, 1.54) is 49.8 Å². The van der Waals surface area contributed by atoms with Gasteiger partial charge in [0.25, 0.3) is 0 Å². The van der Waals surface area contributed by atoms with Crippen molar-refractivity contribution < 1.29 is 0 Å². The molecule has 0 aromatic heterocycles. The van der Waals surface area contributed by atoms with Gasteiger partial charge in [-0.2, -0.15) is 0 Å². The van der Waals surface area contributed by atoms with E-state index < -0.39 is 0 Å². The highest BCUT2D eigenvalue weighted by Gasteiger charge is 2.35. The number of anilines is 2. The molecule has 0 radical (unpaired) electrons. The fourth-order valence-electron chi connectivity index (χ4n) is 4.63. The van der Waals surface area contributed by atoms with Crippen molar-refractivity contribution in [2.75, 3.05) is 5.32 Å². The minimum absolute atomic E-state index is 0.0218. The molecule has 1 nitrogen and oxygen atoms in total. The second kappa shape index (κ2) is 5.97. The van der Waals surface area contributed by atoms with Crippen LogP contribution in [0, 0.1) is 13.8 Å². The summed E-state index contributed by atoms with van der Waals surface area (Å²) in [6, 6.07) is 26.7. The number of hydrogen-bond donors (Lipinski definition) is 1. The lowest BCUT2D eigenvalue weighted by molar-refractivity contribution is 0.660. The van der Waals surface area contributed by atoms with E-state index in [1.807, 2.05) is 0 Å². The highest BCUT2D eigenvalue weighted by atomic mass is 14.9. The van der Waals surface area contributed by atoms with Crippen molar-refractivity contribution in [2.45, 2.75) is 33.1 Å². The van der Waals surface area contributed by atoms with Crippen LogP contribution in [0.3, 0.4) is 0 Å². The van der Waals surface area contributed by atoms with Gasteiger partial charge in [0, 0.05) is 22.2 Å². The Bertz CT molecular complexity index is 1230. The molecule has 0 saturated heterocycles. The van der Waals surface area contributed by atoms with Crippen molar-refractivity contribution in [2.24, 2.45) is 0 Å². The third-order valence-electron chi connectivity index (χ3n) is 6.24. The van der Waals surface area contributed by atoms with Gasteiger partial charge in [-0.3, -0.25) is 0 Å². The molecule has 0 bridgehead atoms. The predicted molar refractivity (Wildman–Crippen MR) is 121 cm³/mol. The fourth-order valence-corrected chi connectivity index (χ4v) is 4.63. The third kappa shape index (κ3) is 2.46. The summed E-state index contributed by atoms with van der Waals surface area (Å²) in [6.45, 7) is 8.99. The maximum Gasteiger partial charge on any atom is 0.0493 e. The summed E-state index contributed by atoms with van der Waals surface area (Å²) < 4.78 is 0. The van der Waals surface area contributed by atoms with Crippen molar-refractivity contribution in [1.29, 1.82) is 0 Å². The molecule has 1 aliphatic rings. The molecule has 0 unspecified atom stereocenters. The van der Waals surface area contributed by atoms with Gasteiger partial charge in [0.2, 0.25) is 0 Å². The number of nitrogens with one attached hydrogen (secondary N) is 1. The maximum absolute atomic E-state index is 3.74. The highest BCUT2D eigenvalue weighted by Crippen LogP contribution is 2.49. The van der Waals surface area contributed by atoms with Crippen LogP contribution in [0.2, 0.25) is 0 Å². The molecule has 0 spiro atoms. The van der Waals surface area contributed by atoms with Crippen molar-refractivity contribution in [3.8, 4) is 11.1 Å². The summed E-state index contributed by atoms with van der Waals surface area (Å²) in [4.78, 5) is 0. The van der Waals surface area contributed by atoms with Gasteiger partial charge in [0.1, 0.15) is 0 Å². The Hall–Kier alpha value is -3.06. The van der Waals surface area contributed by atoms with Gasteiger partial charge >= 0.3 is 0 Å². The van der Waals surface area contributed by atoms with Crippen LogP contribution in [0.25, 0.3) is 21.9 Å². The SMILES string of the molecule is Cc1ccc2ccc(C)c(Nc3ccc4c(c3)C(C)(C)c3ccccc3-4)c2c1. The quantitative estimate of drug-likeness (QED) is 0.388. The predicted octanol–water partition coefficient (Wildman–Crippen LogP) is 7.51. The van der Waals surface area contributed by atoms with E-state index >= 15 is 0 Å². The van der Waals surface area contributed by atoms with Gasteiger partial charge < -0.3 is 5.32 Å². The minimum atomic E-state index is 0.0218. The van der Waals surface area contributed by atoms with E-state index in [1.54, 1.807) is 0 Å². The van der Waals surface area contributed by atoms with Crippen LogP contribution in [0.4, 0.5) is 11.4 Å². The molecule has 4 aromatic carbocycles. The van der Waals surface area contributed by atoms with E-state index in [4.69, 9.17) is 0 Å². The smallest absolute Gasteiger partial charge is 0.0493 e. The molecule has 4 aromatic rings. The lowest BCUT2D eigenvalue weighted by Gasteiger charge is -2.22. The molecule has 0 aliphatic heterocycles. The van der Waals surface area contributed by atoms with Crippen molar-refractivity contribution in [3.05, 3.63) is 95.1 Å². The average molecular weight is 364 g/mol. The van der Waals surface area contributed by atoms with Crippen molar-refractivity contribution in [3.63, 3.8) is 0 Å². The Balaban J connectivity index is 1.63. The molecule has 0 heterocycles. The van der Waals surface area contributed by atoms with Crippen LogP contribution in [-0.2, 0) is 5.41 Å². The summed E-state index contributed by atoms with van der Waals surface area (Å²) in [5.41, 5.74) is 10.5. The molecular formula is C27H25N. The first-order valence-corrected chi connectivity index (χ1v) is 9.96. The first-order chi connectivity index (χ1) is 13.4. The van der Waals surface area contributed by atoms with Gasteiger partial charge in [-0.1, -0.05) is 74.0 Å². The molecule has 28 heavy (non-hydrogen) atoms. The summed E-state index contributed by atoms with van der Waals surface area (Å²) in [6.07, 6.45) is 0. The second-order valence-corrected chi connectivity index (χ2v) is 8.54. The lowest BCUT2D eigenvalue weighted by atomic mass is 9.82. The third-order valence-corrected chi connectivity index (χ3v) is 6.24. The molecule has 1 heteroatoms. The lowest BCUT2D eigenvalue weighted by Crippen LogP contribution is -2.15. The molecule has 0 fully saturated rings. The number of rotatable bonds is 2. The molecular weight excluding hydrogens is 338 g/mol. The summed E-state index contributed by atoms with van der Waals surface area (Å²) >= 11 is 0. The van der Waals surface area contributed by atoms with Crippen LogP contribution in [0.15, 0.2) is 72.8 Å². The number of benzene rings is 4. The fraction of sp³-hybridized carbons (Fsp3) is 0.185. The Morgan fingerprint density at radius 2 is 1.46 bits per heavy atom. The summed E-state index contributed by atoms with van der Waals surface area (Å²) in [5.74, 6) is 0. The highest BCUT2D eigenvalue weighted by molar-refractivity contribution is 5.97. The largest absolute Gasteiger partial charge is 0.355 e. The first-order valence-electron chi connectivity index (χ1n) is 9.96. The number of aryl methyl sites for hydroxylation is 2. The van der Waals surface area contributed by atoms with E-state index in [0.717, 1.165) is 5.69 Å². The molecule has 0 amide bonds. The second-order valence-electron chi connectivity index (χ2n) is 8.54. The standard InChI is InChI=1S/C27H25N/c1-17-9-11-19-12-10-18(2)26(23(19)15-17)28-20-13-14-22-21-7-5-6-8-24(21)27(3,4)25(22)16-20/h5-16,28H,1-4H3. The van der Waals surface area contributed by atoms with Crippen LogP contribution >= 0.6 is 0 Å². The molecule has 138 valence electrons. The number of fused-ring (bicyclic) bond motifs is 4. The van der Waals surface area contributed by atoms with E-state index in [0.29, 0.717) is 0 Å². The molecule has 1 aliphatic carbocycles. The van der Waals surface area contributed by atoms with Crippen LogP contribution in [0.5, 0.6) is 0 Å². The van der Waals surface area contributed by atoms with Crippen molar-refractivity contribution >= 4 is 22.1 Å². The van der Waals surface area contributed by atoms with Gasteiger partial charge in [-0.25, -0.2) is 0 Å². The molecule has 5 rings (SSSR count). The van der Waals surface area contributed by atoms with Gasteiger partial charge in [0.05, 0.1) is 0 Å². The van der Waals surface area contributed by atoms with Crippen LogP contribution in [-0.4, -0.2) is 0 Å². The monoisotopic (exact) mass is 363 g/mol. The zero-order valence-electron chi connectivity index (χ0n) is 16.9. The Labute approximate surface area is 167 Å². The van der Waals surface area contributed by atoms with Crippen LogP contribution in [0.1, 0.15) is 36.1 Å². The normalized spacial score (nSPS) is 14.0. The van der Waals surface area contributed by atoms with Gasteiger partial charge in [-0.05, 0) is 65.3 Å². The summed E-state index contributed by atoms with van der Waals surface area (Å²) in [5, 5.41) is 6.29. The molecule has 0 atom stereocenters. The van der Waals surface area contributed by atoms with Crippen LogP contribution < -0.4 is 5.32 Å². The first kappa shape index (κ1) is 17.1. The maximum atomic E-state index is 3.74. The van der Waals surface area contributed by atoms with E-state index in [-0.39, 0.29) is 5.41 Å². The van der Waals surface area contributed by atoms with E-state index in [2.05, 4.69) is 106 Å².